The third-order valence-corrected chi connectivity index (χ3v) is 7.18. The van der Waals surface area contributed by atoms with Gasteiger partial charge in [0.15, 0.2) is 0 Å². The highest BCUT2D eigenvalue weighted by Gasteiger charge is 2.44. The molecule has 2 aliphatic rings. The smallest absolute Gasteiger partial charge is 0.361 e. The predicted molar refractivity (Wildman–Crippen MR) is 120 cm³/mol. The first-order chi connectivity index (χ1) is 15.2. The Balaban J connectivity index is 1.49. The SMILES string of the molecule is CN1C(=CC2C([O-])C(c3c(-c4ccccc4)[nH]oc3=O)C2[O-])C(C)(C)c2cc(Cl)ccc21. The molecular weight excluding hydrogens is 428 g/mol. The van der Waals surface area contributed by atoms with E-state index >= 15 is 0 Å². The van der Waals surface area contributed by atoms with Crippen molar-refractivity contribution in [2.75, 3.05) is 11.9 Å². The van der Waals surface area contributed by atoms with Gasteiger partial charge in [-0.3, -0.25) is 0 Å². The summed E-state index contributed by atoms with van der Waals surface area (Å²) in [5.41, 5.74) is 3.17. The summed E-state index contributed by atoms with van der Waals surface area (Å²) in [6.07, 6.45) is -0.666. The molecule has 1 aliphatic heterocycles. The van der Waals surface area contributed by atoms with Crippen LogP contribution >= 0.6 is 11.6 Å². The van der Waals surface area contributed by atoms with Gasteiger partial charge in [-0.05, 0) is 35.6 Å². The third kappa shape index (κ3) is 2.98. The van der Waals surface area contributed by atoms with Crippen molar-refractivity contribution in [2.45, 2.75) is 37.4 Å². The molecule has 2 aromatic carbocycles. The normalized spacial score (nSPS) is 27.4. The number of halogens is 1. The van der Waals surface area contributed by atoms with Crippen molar-refractivity contribution in [3.63, 3.8) is 0 Å². The minimum atomic E-state index is -1.23. The summed E-state index contributed by atoms with van der Waals surface area (Å²) in [4.78, 5) is 14.4. The summed E-state index contributed by atoms with van der Waals surface area (Å²) in [5.74, 6) is -1.69. The van der Waals surface area contributed by atoms with Gasteiger partial charge in [-0.25, -0.2) is 9.95 Å². The Labute approximate surface area is 190 Å². The van der Waals surface area contributed by atoms with E-state index in [-0.39, 0.29) is 5.56 Å². The number of likely N-dealkylation sites (N-methyl/N-ethyl adjacent to an activating group) is 1. The molecule has 32 heavy (non-hydrogen) atoms. The van der Waals surface area contributed by atoms with Crippen LogP contribution in [0.1, 0.15) is 30.9 Å². The Bertz CT molecular complexity index is 1250. The van der Waals surface area contributed by atoms with Crippen LogP contribution in [0.3, 0.4) is 0 Å². The molecule has 166 valence electrons. The van der Waals surface area contributed by atoms with Crippen molar-refractivity contribution < 1.29 is 14.7 Å². The zero-order valence-electron chi connectivity index (χ0n) is 18.0. The van der Waals surface area contributed by atoms with Crippen LogP contribution in [0.2, 0.25) is 5.02 Å². The van der Waals surface area contributed by atoms with Crippen LogP contribution in [0.15, 0.2) is 69.6 Å². The Morgan fingerprint density at radius 1 is 1.12 bits per heavy atom. The van der Waals surface area contributed by atoms with Gasteiger partial charge in [-0.15, -0.1) is 12.2 Å². The van der Waals surface area contributed by atoms with Crippen LogP contribution < -0.4 is 20.7 Å². The molecule has 5 rings (SSSR count). The number of aromatic amines is 1. The highest BCUT2D eigenvalue weighted by molar-refractivity contribution is 6.30. The Kier molecular flexibility index (Phi) is 4.85. The van der Waals surface area contributed by atoms with Crippen LogP contribution in [-0.2, 0) is 5.41 Å². The number of nitrogens with one attached hydrogen (secondary N) is 1. The second kappa shape index (κ2) is 7.37. The van der Waals surface area contributed by atoms with Gasteiger partial charge in [-0.2, -0.15) is 0 Å². The summed E-state index contributed by atoms with van der Waals surface area (Å²) in [6.45, 7) is 4.11. The molecule has 0 radical (unpaired) electrons. The molecule has 2 atom stereocenters. The maximum Gasteiger partial charge on any atom is 0.361 e. The number of nitrogens with zero attached hydrogens (tertiary/aromatic N) is 1. The standard InChI is InChI=1S/C25H23ClN2O4/c1-25(2)16-11-14(26)9-10-17(16)28(3)18(25)12-15-22(29)20(23(15)30)19-21(27-32-24(19)31)13-7-5-4-6-8-13/h4-12,15,20,22-23,27H,1-3H3/q-2. The summed E-state index contributed by atoms with van der Waals surface area (Å²) in [5, 5.41) is 29.7. The number of hydrogen-bond donors (Lipinski definition) is 1. The molecule has 1 N–H and O–H groups in total. The van der Waals surface area contributed by atoms with E-state index < -0.39 is 35.1 Å². The fourth-order valence-corrected chi connectivity index (χ4v) is 5.32. The Hall–Kier alpha value is -2.80. The van der Waals surface area contributed by atoms with Crippen LogP contribution in [0, 0.1) is 5.92 Å². The highest BCUT2D eigenvalue weighted by atomic mass is 35.5. The van der Waals surface area contributed by atoms with Crippen molar-refractivity contribution in [3.05, 3.63) is 86.9 Å². The van der Waals surface area contributed by atoms with Gasteiger partial charge in [0.1, 0.15) is 0 Å². The fraction of sp³-hybridized carbons (Fsp3) is 0.320. The molecular formula is C25H23ClN2O4-2. The number of benzene rings is 2. The Morgan fingerprint density at radius 3 is 2.50 bits per heavy atom. The van der Waals surface area contributed by atoms with Gasteiger partial charge in [0.2, 0.25) is 0 Å². The van der Waals surface area contributed by atoms with E-state index in [1.807, 2.05) is 48.3 Å². The van der Waals surface area contributed by atoms with Crippen LogP contribution in [0.4, 0.5) is 5.69 Å². The van der Waals surface area contributed by atoms with E-state index in [2.05, 4.69) is 19.0 Å². The number of allylic oxidation sites excluding steroid dienone is 1. The molecule has 0 saturated heterocycles. The lowest BCUT2D eigenvalue weighted by molar-refractivity contribution is -0.543. The van der Waals surface area contributed by atoms with Gasteiger partial charge < -0.3 is 19.6 Å². The molecule has 2 heterocycles. The van der Waals surface area contributed by atoms with Crippen LogP contribution in [-0.4, -0.2) is 24.4 Å². The highest BCUT2D eigenvalue weighted by Crippen LogP contribution is 2.50. The van der Waals surface area contributed by atoms with E-state index in [4.69, 9.17) is 16.1 Å². The van der Waals surface area contributed by atoms with E-state index in [1.54, 1.807) is 18.2 Å². The average Bonchev–Trinajstić information content (AvgIpc) is 3.22. The lowest BCUT2D eigenvalue weighted by atomic mass is 9.64. The second-order valence-corrected chi connectivity index (χ2v) is 9.51. The van der Waals surface area contributed by atoms with Gasteiger partial charge >= 0.3 is 5.63 Å². The number of anilines is 1. The van der Waals surface area contributed by atoms with Gasteiger partial charge in [-0.1, -0.05) is 61.9 Å². The summed E-state index contributed by atoms with van der Waals surface area (Å²) < 4.78 is 4.98. The molecule has 2 unspecified atom stereocenters. The number of rotatable bonds is 3. The monoisotopic (exact) mass is 450 g/mol. The molecule has 0 bridgehead atoms. The summed E-state index contributed by atoms with van der Waals surface area (Å²) in [6, 6.07) is 14.8. The van der Waals surface area contributed by atoms with E-state index in [9.17, 15) is 15.0 Å². The zero-order valence-corrected chi connectivity index (χ0v) is 18.7. The largest absolute Gasteiger partial charge is 0.851 e. The van der Waals surface area contributed by atoms with Crippen LogP contribution in [0.5, 0.6) is 0 Å². The Morgan fingerprint density at radius 2 is 1.81 bits per heavy atom. The lowest BCUT2D eigenvalue weighted by Gasteiger charge is -2.60. The molecule has 7 heteroatoms. The van der Waals surface area contributed by atoms with E-state index in [0.717, 1.165) is 16.9 Å². The molecule has 0 spiro atoms. The van der Waals surface area contributed by atoms with Crippen molar-refractivity contribution in [1.29, 1.82) is 0 Å². The maximum absolute atomic E-state index is 13.2. The number of H-pyrrole nitrogens is 1. The molecule has 0 amide bonds. The first kappa shape index (κ1) is 21.1. The molecule has 1 aromatic heterocycles. The maximum atomic E-state index is 13.2. The second-order valence-electron chi connectivity index (χ2n) is 9.08. The van der Waals surface area contributed by atoms with Gasteiger partial charge in [0, 0.05) is 34.4 Å². The summed E-state index contributed by atoms with van der Waals surface area (Å²) >= 11 is 6.21. The summed E-state index contributed by atoms with van der Waals surface area (Å²) in [7, 11) is 1.93. The van der Waals surface area contributed by atoms with Crippen molar-refractivity contribution >= 4 is 17.3 Å². The van der Waals surface area contributed by atoms with Gasteiger partial charge in [0.05, 0.1) is 11.3 Å². The molecule has 6 nitrogen and oxygen atoms in total. The third-order valence-electron chi connectivity index (χ3n) is 6.94. The first-order valence-corrected chi connectivity index (χ1v) is 10.9. The van der Waals surface area contributed by atoms with Crippen molar-refractivity contribution in [2.24, 2.45) is 5.92 Å². The van der Waals surface area contributed by atoms with E-state index in [0.29, 0.717) is 16.3 Å². The number of hydrogen-bond acceptors (Lipinski definition) is 5. The molecule has 1 saturated carbocycles. The lowest BCUT2D eigenvalue weighted by Crippen LogP contribution is -2.65. The fourth-order valence-electron chi connectivity index (χ4n) is 5.15. The van der Waals surface area contributed by atoms with E-state index in [1.165, 1.54) is 0 Å². The van der Waals surface area contributed by atoms with Crippen molar-refractivity contribution in [1.82, 2.24) is 5.16 Å². The zero-order chi connectivity index (χ0) is 22.8. The topological polar surface area (TPSA) is 95.4 Å². The first-order valence-electron chi connectivity index (χ1n) is 10.6. The minimum absolute atomic E-state index is 0.153. The number of aromatic nitrogens is 1. The predicted octanol–water partition coefficient (Wildman–Crippen LogP) is 2.77. The average molecular weight is 451 g/mol. The quantitative estimate of drug-likeness (QED) is 0.662. The minimum Gasteiger partial charge on any atom is -0.851 e. The number of fused-ring (bicyclic) bond motifs is 1. The van der Waals surface area contributed by atoms with Crippen LogP contribution in [0.25, 0.3) is 11.3 Å². The molecule has 1 aliphatic carbocycles. The molecule has 3 aromatic rings. The van der Waals surface area contributed by atoms with Gasteiger partial charge in [0.25, 0.3) is 0 Å². The van der Waals surface area contributed by atoms with Crippen molar-refractivity contribution in [3.8, 4) is 11.3 Å². The molecule has 1 fully saturated rings.